The van der Waals surface area contributed by atoms with Crippen molar-refractivity contribution in [1.29, 1.82) is 15.8 Å². The van der Waals surface area contributed by atoms with Gasteiger partial charge in [-0.1, -0.05) is 29.8 Å². The molecular formula is C21H14N4O5. The highest BCUT2D eigenvalue weighted by molar-refractivity contribution is 5.99. The molecule has 0 fully saturated rings. The summed E-state index contributed by atoms with van der Waals surface area (Å²) < 4.78 is 10.4. The van der Waals surface area contributed by atoms with Crippen LogP contribution < -0.4 is 4.74 Å². The summed E-state index contributed by atoms with van der Waals surface area (Å²) in [5.74, 6) is -2.05. The van der Waals surface area contributed by atoms with Crippen LogP contribution in [0.25, 0.3) is 5.57 Å². The molecule has 9 nitrogen and oxygen atoms in total. The Bertz CT molecular complexity index is 1160. The monoisotopic (exact) mass is 402 g/mol. The Morgan fingerprint density at radius 2 is 1.70 bits per heavy atom. The average Bonchev–Trinajstić information content (AvgIpc) is 2.74. The third-order valence-corrected chi connectivity index (χ3v) is 3.89. The lowest BCUT2D eigenvalue weighted by molar-refractivity contribution is -0.385. The quantitative estimate of drug-likeness (QED) is 0.178. The van der Waals surface area contributed by atoms with Crippen molar-refractivity contribution in [1.82, 2.24) is 0 Å². The van der Waals surface area contributed by atoms with Gasteiger partial charge in [0.05, 0.1) is 22.7 Å². The number of aryl methyl sites for hydroxylation is 1. The van der Waals surface area contributed by atoms with Crippen LogP contribution >= 0.6 is 0 Å². The van der Waals surface area contributed by atoms with Gasteiger partial charge in [0.2, 0.25) is 11.5 Å². The molecule has 2 rings (SSSR count). The summed E-state index contributed by atoms with van der Waals surface area (Å²) in [5, 5.41) is 39.4. The number of allylic oxidation sites excluding steroid dienone is 1. The molecule has 30 heavy (non-hydrogen) atoms. The van der Waals surface area contributed by atoms with Crippen molar-refractivity contribution < 1.29 is 19.2 Å². The fraction of sp³-hybridized carbons (Fsp3) is 0.143. The predicted molar refractivity (Wildman–Crippen MR) is 103 cm³/mol. The summed E-state index contributed by atoms with van der Waals surface area (Å²) in [5.41, 5.74) is -0.00874. The van der Waals surface area contributed by atoms with Gasteiger partial charge in [-0.25, -0.2) is 4.79 Å². The first-order valence-electron chi connectivity index (χ1n) is 8.55. The first-order valence-corrected chi connectivity index (χ1v) is 8.55. The number of nitro benzene ring substituents is 1. The fourth-order valence-electron chi connectivity index (χ4n) is 2.45. The van der Waals surface area contributed by atoms with Crippen molar-refractivity contribution in [2.24, 2.45) is 0 Å². The van der Waals surface area contributed by atoms with E-state index in [0.29, 0.717) is 5.56 Å². The summed E-state index contributed by atoms with van der Waals surface area (Å²) in [6.07, 6.45) is 0. The molecule has 0 heterocycles. The number of esters is 1. The van der Waals surface area contributed by atoms with Gasteiger partial charge in [-0.2, -0.15) is 15.8 Å². The van der Waals surface area contributed by atoms with Crippen LogP contribution in [-0.4, -0.2) is 17.5 Å². The molecule has 0 saturated heterocycles. The van der Waals surface area contributed by atoms with Crippen LogP contribution in [0.3, 0.4) is 0 Å². The number of ether oxygens (including phenoxy) is 2. The van der Waals surface area contributed by atoms with Crippen molar-refractivity contribution in [3.63, 3.8) is 0 Å². The zero-order chi connectivity index (χ0) is 22.3. The molecule has 0 radical (unpaired) electrons. The standard InChI is InChI=1S/C21H14N4O5/c1-3-29-21(26)20(17(12-24)14-6-4-13(2)5-7-14)30-19-9-16(11-23)15(10-22)8-18(19)25(27)28/h4-9H,3H2,1-2H3/b20-17-. The largest absolute Gasteiger partial charge is 0.460 e. The SMILES string of the molecule is CCOC(=O)/C(Oc1cc(C#N)c(C#N)cc1[N+](=O)[O-])=C(\C#N)c1ccc(C)cc1. The van der Waals surface area contributed by atoms with Crippen molar-refractivity contribution in [2.75, 3.05) is 6.61 Å². The van der Waals surface area contributed by atoms with E-state index in [1.807, 2.05) is 13.0 Å². The van der Waals surface area contributed by atoms with E-state index in [0.717, 1.165) is 17.7 Å². The van der Waals surface area contributed by atoms with Crippen LogP contribution in [-0.2, 0) is 9.53 Å². The normalized spacial score (nSPS) is 10.6. The molecule has 2 aromatic rings. The van der Waals surface area contributed by atoms with Gasteiger partial charge >= 0.3 is 11.7 Å². The van der Waals surface area contributed by atoms with E-state index in [2.05, 4.69) is 0 Å². The Balaban J connectivity index is 2.74. The third kappa shape index (κ3) is 4.59. The Morgan fingerprint density at radius 1 is 1.10 bits per heavy atom. The van der Waals surface area contributed by atoms with E-state index >= 15 is 0 Å². The number of benzene rings is 2. The smallest absolute Gasteiger partial charge is 0.375 e. The maximum atomic E-state index is 12.5. The molecular weight excluding hydrogens is 388 g/mol. The summed E-state index contributed by atoms with van der Waals surface area (Å²) in [6.45, 7) is 3.36. The zero-order valence-corrected chi connectivity index (χ0v) is 16.0. The van der Waals surface area contributed by atoms with Crippen molar-refractivity contribution >= 4 is 17.2 Å². The van der Waals surface area contributed by atoms with Gasteiger partial charge in [-0.3, -0.25) is 10.1 Å². The fourth-order valence-corrected chi connectivity index (χ4v) is 2.45. The number of nitro groups is 1. The van der Waals surface area contributed by atoms with Gasteiger partial charge < -0.3 is 9.47 Å². The van der Waals surface area contributed by atoms with Gasteiger partial charge in [0, 0.05) is 12.1 Å². The van der Waals surface area contributed by atoms with Crippen LogP contribution in [0.2, 0.25) is 0 Å². The molecule has 0 aromatic heterocycles. The number of carbonyl (C=O) groups excluding carboxylic acids is 1. The maximum absolute atomic E-state index is 12.5. The van der Waals surface area contributed by atoms with Crippen LogP contribution in [0.15, 0.2) is 42.2 Å². The lowest BCUT2D eigenvalue weighted by atomic mass is 10.0. The Hall–Kier alpha value is -4.68. The van der Waals surface area contributed by atoms with Crippen molar-refractivity contribution in [3.05, 3.63) is 74.5 Å². The predicted octanol–water partition coefficient (Wildman–Crippen LogP) is 3.52. The minimum atomic E-state index is -1.01. The van der Waals surface area contributed by atoms with Crippen LogP contribution in [0.5, 0.6) is 5.75 Å². The minimum Gasteiger partial charge on any atom is -0.460 e. The Morgan fingerprint density at radius 3 is 2.20 bits per heavy atom. The van der Waals surface area contributed by atoms with Crippen LogP contribution in [0.1, 0.15) is 29.2 Å². The first kappa shape index (κ1) is 21.6. The second-order valence-corrected chi connectivity index (χ2v) is 5.85. The van der Waals surface area contributed by atoms with E-state index < -0.39 is 28.1 Å². The molecule has 0 N–H and O–H groups in total. The summed E-state index contributed by atoms with van der Waals surface area (Å²) in [6, 6.07) is 13.7. The highest BCUT2D eigenvalue weighted by atomic mass is 16.6. The van der Waals surface area contributed by atoms with Gasteiger partial charge in [-0.15, -0.1) is 0 Å². The third-order valence-electron chi connectivity index (χ3n) is 3.89. The summed E-state index contributed by atoms with van der Waals surface area (Å²) in [4.78, 5) is 23.1. The first-order chi connectivity index (χ1) is 14.4. The van der Waals surface area contributed by atoms with Crippen LogP contribution in [0.4, 0.5) is 5.69 Å². The second-order valence-electron chi connectivity index (χ2n) is 5.85. The molecule has 148 valence electrons. The zero-order valence-electron chi connectivity index (χ0n) is 16.0. The van der Waals surface area contributed by atoms with Gasteiger partial charge in [0.15, 0.2) is 0 Å². The molecule has 0 atom stereocenters. The molecule has 0 amide bonds. The van der Waals surface area contributed by atoms with Crippen molar-refractivity contribution in [3.8, 4) is 24.0 Å². The van der Waals surface area contributed by atoms with Gasteiger partial charge in [0.25, 0.3) is 0 Å². The van der Waals surface area contributed by atoms with Crippen molar-refractivity contribution in [2.45, 2.75) is 13.8 Å². The lowest BCUT2D eigenvalue weighted by Crippen LogP contribution is -2.16. The van der Waals surface area contributed by atoms with Crippen LogP contribution in [0, 0.1) is 51.0 Å². The molecule has 0 bridgehead atoms. The topological polar surface area (TPSA) is 150 Å². The molecule has 0 spiro atoms. The number of nitriles is 3. The van der Waals surface area contributed by atoms with E-state index in [1.54, 1.807) is 43.3 Å². The molecule has 0 aliphatic rings. The molecule has 9 heteroatoms. The maximum Gasteiger partial charge on any atom is 0.375 e. The minimum absolute atomic E-state index is 0.0305. The highest BCUT2D eigenvalue weighted by Gasteiger charge is 2.27. The van der Waals surface area contributed by atoms with E-state index in [1.165, 1.54) is 0 Å². The molecule has 2 aromatic carbocycles. The molecule has 0 saturated carbocycles. The number of carbonyl (C=O) groups is 1. The van der Waals surface area contributed by atoms with Gasteiger partial charge in [-0.05, 0) is 19.4 Å². The summed E-state index contributed by atoms with van der Waals surface area (Å²) >= 11 is 0. The van der Waals surface area contributed by atoms with Gasteiger partial charge in [0.1, 0.15) is 23.8 Å². The molecule has 0 aliphatic carbocycles. The Kier molecular flexibility index (Phi) is 6.84. The number of hydrogen-bond acceptors (Lipinski definition) is 8. The molecule has 0 unspecified atom stereocenters. The molecule has 0 aliphatic heterocycles. The van der Waals surface area contributed by atoms with E-state index in [-0.39, 0.29) is 23.3 Å². The van der Waals surface area contributed by atoms with E-state index in [4.69, 9.17) is 14.7 Å². The Labute approximate surface area is 171 Å². The highest BCUT2D eigenvalue weighted by Crippen LogP contribution is 2.33. The second kappa shape index (κ2) is 9.50. The number of nitrogens with zero attached hydrogens (tertiary/aromatic N) is 4. The number of rotatable bonds is 6. The van der Waals surface area contributed by atoms with E-state index in [9.17, 15) is 25.4 Å². The summed E-state index contributed by atoms with van der Waals surface area (Å²) in [7, 11) is 0. The number of hydrogen-bond donors (Lipinski definition) is 0. The lowest BCUT2D eigenvalue weighted by Gasteiger charge is -2.12. The average molecular weight is 402 g/mol.